The molecule has 8 nitrogen and oxygen atoms in total. The Morgan fingerprint density at radius 1 is 1.11 bits per heavy atom. The van der Waals surface area contributed by atoms with Gasteiger partial charge < -0.3 is 20.1 Å². The molecule has 194 valence electrons. The van der Waals surface area contributed by atoms with Crippen molar-refractivity contribution in [1.29, 1.82) is 0 Å². The Kier molecular flexibility index (Phi) is 8.04. The van der Waals surface area contributed by atoms with E-state index in [1.165, 1.54) is 4.57 Å². The predicted molar refractivity (Wildman–Crippen MR) is 142 cm³/mol. The van der Waals surface area contributed by atoms with Crippen LogP contribution in [0.3, 0.4) is 0 Å². The molecular formula is C28H38N4O4. The van der Waals surface area contributed by atoms with Crippen molar-refractivity contribution in [1.82, 2.24) is 14.0 Å². The van der Waals surface area contributed by atoms with E-state index < -0.39 is 5.91 Å². The highest BCUT2D eigenvalue weighted by atomic mass is 16.5. The highest BCUT2D eigenvalue weighted by Crippen LogP contribution is 2.29. The third kappa shape index (κ3) is 5.59. The summed E-state index contributed by atoms with van der Waals surface area (Å²) in [6.45, 7) is 9.11. The molecule has 1 fully saturated rings. The van der Waals surface area contributed by atoms with E-state index in [1.807, 2.05) is 47.0 Å². The number of methoxy groups -OCH3 is 1. The summed E-state index contributed by atoms with van der Waals surface area (Å²) < 4.78 is 15.2. The normalized spacial score (nSPS) is 15.9. The number of para-hydroxylation sites is 2. The number of ether oxygens (including phenoxy) is 2. The maximum Gasteiger partial charge on any atom is 0.329 e. The van der Waals surface area contributed by atoms with Gasteiger partial charge in [-0.25, -0.2) is 4.79 Å². The van der Waals surface area contributed by atoms with E-state index in [2.05, 4.69) is 25.7 Å². The summed E-state index contributed by atoms with van der Waals surface area (Å²) >= 11 is 0. The molecule has 2 aromatic carbocycles. The molecule has 1 atom stereocenters. The second kappa shape index (κ2) is 11.2. The molecule has 0 spiro atoms. The van der Waals surface area contributed by atoms with Crippen molar-refractivity contribution in [2.24, 2.45) is 11.7 Å². The minimum Gasteiger partial charge on any atom is -0.497 e. The number of fused-ring (bicyclic) bond motifs is 1. The smallest absolute Gasteiger partial charge is 0.329 e. The van der Waals surface area contributed by atoms with Gasteiger partial charge in [-0.2, -0.15) is 0 Å². The first-order valence-electron chi connectivity index (χ1n) is 12.8. The summed E-state index contributed by atoms with van der Waals surface area (Å²) in [5, 5.41) is 0. The standard InChI is InChI=1S/C28H38N4O4/c1-19(2)25(36-26-17-22(35-4)10-9-20(26)3)13-16-30-14-11-21(12-15-30)32-24-8-6-5-7-23(24)31(28(32)34)18-27(29)33/h5-10,17,19,21,25H,11-16,18H2,1-4H3,(H2,29,33). The molecule has 8 heteroatoms. The van der Waals surface area contributed by atoms with Gasteiger partial charge in [-0.05, 0) is 55.9 Å². The lowest BCUT2D eigenvalue weighted by Gasteiger charge is -2.34. The first-order chi connectivity index (χ1) is 17.3. The number of nitrogens with zero attached hydrogens (tertiary/aromatic N) is 3. The van der Waals surface area contributed by atoms with Crippen LogP contribution in [-0.2, 0) is 11.3 Å². The topological polar surface area (TPSA) is 91.7 Å². The van der Waals surface area contributed by atoms with Gasteiger partial charge in [0.05, 0.1) is 18.1 Å². The van der Waals surface area contributed by atoms with Crippen molar-refractivity contribution >= 4 is 16.9 Å². The Morgan fingerprint density at radius 3 is 2.44 bits per heavy atom. The Morgan fingerprint density at radius 2 is 1.81 bits per heavy atom. The molecule has 1 saturated heterocycles. The summed E-state index contributed by atoms with van der Waals surface area (Å²) in [5.41, 5.74) is 7.98. The van der Waals surface area contributed by atoms with Crippen LogP contribution in [0.2, 0.25) is 0 Å². The minimum absolute atomic E-state index is 0.0999. The molecule has 0 saturated carbocycles. The quantitative estimate of drug-likeness (QED) is 0.464. The van der Waals surface area contributed by atoms with Gasteiger partial charge in [0.15, 0.2) is 0 Å². The number of piperidine rings is 1. The zero-order chi connectivity index (χ0) is 25.8. The summed E-state index contributed by atoms with van der Waals surface area (Å²) in [7, 11) is 1.67. The molecule has 1 unspecified atom stereocenters. The molecule has 1 aliphatic rings. The molecule has 0 radical (unpaired) electrons. The second-order valence-electron chi connectivity index (χ2n) is 10.1. The molecule has 4 rings (SSSR count). The first-order valence-corrected chi connectivity index (χ1v) is 12.8. The van der Waals surface area contributed by atoms with Crippen molar-refractivity contribution in [3.05, 3.63) is 58.5 Å². The van der Waals surface area contributed by atoms with Crippen LogP contribution in [0.25, 0.3) is 11.0 Å². The first kappa shape index (κ1) is 25.8. The lowest BCUT2D eigenvalue weighted by atomic mass is 10.0. The number of hydrogen-bond acceptors (Lipinski definition) is 5. The number of imidazole rings is 1. The SMILES string of the molecule is COc1ccc(C)c(OC(CCN2CCC(n3c(=O)n(CC(N)=O)c4ccccc43)CC2)C(C)C)c1. The lowest BCUT2D eigenvalue weighted by molar-refractivity contribution is -0.118. The van der Waals surface area contributed by atoms with Crippen LogP contribution in [-0.4, -0.2) is 52.8 Å². The summed E-state index contributed by atoms with van der Waals surface area (Å²) in [6.07, 6.45) is 2.79. The fourth-order valence-electron chi connectivity index (χ4n) is 5.13. The van der Waals surface area contributed by atoms with Crippen molar-refractivity contribution in [3.8, 4) is 11.5 Å². The van der Waals surface area contributed by atoms with E-state index in [4.69, 9.17) is 15.2 Å². The third-order valence-electron chi connectivity index (χ3n) is 7.25. The van der Waals surface area contributed by atoms with Gasteiger partial charge in [-0.1, -0.05) is 32.0 Å². The van der Waals surface area contributed by atoms with E-state index in [0.717, 1.165) is 67.0 Å². The van der Waals surface area contributed by atoms with Crippen molar-refractivity contribution in [2.75, 3.05) is 26.7 Å². The van der Waals surface area contributed by atoms with Crippen LogP contribution in [0, 0.1) is 12.8 Å². The van der Waals surface area contributed by atoms with Gasteiger partial charge in [0.2, 0.25) is 5.91 Å². The van der Waals surface area contributed by atoms with Crippen LogP contribution in [0.4, 0.5) is 0 Å². The van der Waals surface area contributed by atoms with Crippen LogP contribution in [0.15, 0.2) is 47.3 Å². The molecule has 1 amide bonds. The monoisotopic (exact) mass is 494 g/mol. The molecule has 3 aromatic rings. The highest BCUT2D eigenvalue weighted by molar-refractivity contribution is 5.80. The highest BCUT2D eigenvalue weighted by Gasteiger charge is 2.26. The number of hydrogen-bond donors (Lipinski definition) is 1. The number of benzene rings is 2. The number of rotatable bonds is 10. The fraction of sp³-hybridized carbons (Fsp3) is 0.500. The van der Waals surface area contributed by atoms with E-state index in [-0.39, 0.29) is 24.4 Å². The largest absolute Gasteiger partial charge is 0.497 e. The van der Waals surface area contributed by atoms with E-state index >= 15 is 0 Å². The number of likely N-dealkylation sites (tertiary alicyclic amines) is 1. The average molecular weight is 495 g/mol. The molecule has 2 N–H and O–H groups in total. The van der Waals surface area contributed by atoms with Crippen molar-refractivity contribution < 1.29 is 14.3 Å². The summed E-state index contributed by atoms with van der Waals surface area (Å²) in [6, 6.07) is 13.7. The van der Waals surface area contributed by atoms with Gasteiger partial charge in [-0.3, -0.25) is 13.9 Å². The lowest BCUT2D eigenvalue weighted by Crippen LogP contribution is -2.40. The minimum atomic E-state index is -0.513. The number of carbonyl (C=O) groups excluding carboxylic acids is 1. The number of amides is 1. The number of aryl methyl sites for hydroxylation is 1. The van der Waals surface area contributed by atoms with Gasteiger partial charge >= 0.3 is 5.69 Å². The van der Waals surface area contributed by atoms with Crippen LogP contribution in [0.1, 0.15) is 44.7 Å². The predicted octanol–water partition coefficient (Wildman–Crippen LogP) is 3.74. The Bertz CT molecular complexity index is 1250. The Hall–Kier alpha value is -3.26. The zero-order valence-electron chi connectivity index (χ0n) is 21.8. The maximum absolute atomic E-state index is 13.2. The number of carbonyl (C=O) groups is 1. The average Bonchev–Trinajstić information content (AvgIpc) is 3.13. The van der Waals surface area contributed by atoms with Gasteiger partial charge in [0, 0.05) is 31.7 Å². The van der Waals surface area contributed by atoms with Gasteiger partial charge in [0.25, 0.3) is 0 Å². The van der Waals surface area contributed by atoms with Crippen molar-refractivity contribution in [3.63, 3.8) is 0 Å². The van der Waals surface area contributed by atoms with E-state index in [1.54, 1.807) is 7.11 Å². The zero-order valence-corrected chi connectivity index (χ0v) is 21.8. The fourth-order valence-corrected chi connectivity index (χ4v) is 5.13. The molecule has 1 aliphatic heterocycles. The molecule has 1 aromatic heterocycles. The van der Waals surface area contributed by atoms with Crippen molar-refractivity contribution in [2.45, 2.75) is 58.7 Å². The Balaban J connectivity index is 1.40. The number of aromatic nitrogens is 2. The van der Waals surface area contributed by atoms with E-state index in [9.17, 15) is 9.59 Å². The number of primary amides is 1. The van der Waals surface area contributed by atoms with Crippen LogP contribution in [0.5, 0.6) is 11.5 Å². The maximum atomic E-state index is 13.2. The summed E-state index contributed by atoms with van der Waals surface area (Å²) in [5.74, 6) is 1.54. The van der Waals surface area contributed by atoms with Crippen LogP contribution >= 0.6 is 0 Å². The molecule has 0 bridgehead atoms. The molecule has 36 heavy (non-hydrogen) atoms. The van der Waals surface area contributed by atoms with Crippen LogP contribution < -0.4 is 20.9 Å². The molecular weight excluding hydrogens is 456 g/mol. The molecule has 0 aliphatic carbocycles. The Labute approximate surface area is 212 Å². The van der Waals surface area contributed by atoms with Gasteiger partial charge in [-0.15, -0.1) is 0 Å². The second-order valence-corrected chi connectivity index (χ2v) is 10.1. The summed E-state index contributed by atoms with van der Waals surface area (Å²) in [4.78, 5) is 27.2. The van der Waals surface area contributed by atoms with Gasteiger partial charge in [0.1, 0.15) is 24.1 Å². The molecule has 2 heterocycles. The third-order valence-corrected chi connectivity index (χ3v) is 7.25. The van der Waals surface area contributed by atoms with E-state index in [0.29, 0.717) is 5.92 Å². The number of nitrogens with two attached hydrogens (primary N) is 1.